The molecular formula is C16H20N2O5. The number of amides is 2. The lowest BCUT2D eigenvalue weighted by molar-refractivity contribution is -0.136. The van der Waals surface area contributed by atoms with Crippen molar-refractivity contribution in [2.75, 3.05) is 19.0 Å². The molecule has 1 aromatic rings. The van der Waals surface area contributed by atoms with Crippen LogP contribution in [-0.2, 0) is 14.3 Å². The van der Waals surface area contributed by atoms with Crippen molar-refractivity contribution in [3.8, 4) is 0 Å². The third-order valence-corrected chi connectivity index (χ3v) is 3.83. The second-order valence-electron chi connectivity index (χ2n) is 5.84. The highest BCUT2D eigenvalue weighted by Crippen LogP contribution is 2.38. The van der Waals surface area contributed by atoms with Gasteiger partial charge in [0.25, 0.3) is 0 Å². The SMILES string of the molecule is COC(=O)c1ccc(NC(=O)C(=O)NCC(C)(O)C2CC2)cc1. The first kappa shape index (κ1) is 17.0. The topological polar surface area (TPSA) is 105 Å². The largest absolute Gasteiger partial charge is 0.465 e. The van der Waals surface area contributed by atoms with Gasteiger partial charge in [-0.25, -0.2) is 4.79 Å². The van der Waals surface area contributed by atoms with E-state index in [9.17, 15) is 19.5 Å². The monoisotopic (exact) mass is 320 g/mol. The Morgan fingerprint density at radius 2 is 1.83 bits per heavy atom. The zero-order valence-electron chi connectivity index (χ0n) is 13.1. The van der Waals surface area contributed by atoms with Crippen molar-refractivity contribution in [2.24, 2.45) is 5.92 Å². The first-order chi connectivity index (χ1) is 10.8. The van der Waals surface area contributed by atoms with E-state index >= 15 is 0 Å². The zero-order valence-corrected chi connectivity index (χ0v) is 13.1. The lowest BCUT2D eigenvalue weighted by Crippen LogP contribution is -2.45. The van der Waals surface area contributed by atoms with Gasteiger partial charge in [0.05, 0.1) is 18.3 Å². The second kappa shape index (κ2) is 6.78. The molecule has 124 valence electrons. The molecule has 1 fully saturated rings. The summed E-state index contributed by atoms with van der Waals surface area (Å²) < 4.78 is 4.57. The molecular weight excluding hydrogens is 300 g/mol. The van der Waals surface area contributed by atoms with Gasteiger partial charge in [-0.3, -0.25) is 9.59 Å². The van der Waals surface area contributed by atoms with E-state index in [1.165, 1.54) is 31.4 Å². The Morgan fingerprint density at radius 1 is 1.22 bits per heavy atom. The molecule has 7 heteroatoms. The molecule has 7 nitrogen and oxygen atoms in total. The van der Waals surface area contributed by atoms with Gasteiger partial charge in [0.1, 0.15) is 0 Å². The smallest absolute Gasteiger partial charge is 0.337 e. The van der Waals surface area contributed by atoms with Crippen LogP contribution in [0, 0.1) is 5.92 Å². The molecule has 23 heavy (non-hydrogen) atoms. The third-order valence-electron chi connectivity index (χ3n) is 3.83. The van der Waals surface area contributed by atoms with Crippen molar-refractivity contribution >= 4 is 23.5 Å². The Hall–Kier alpha value is -2.41. The standard InChI is InChI=1S/C16H20N2O5/c1-16(22,11-5-6-11)9-17-13(19)14(20)18-12-7-3-10(4-8-12)15(21)23-2/h3-4,7-8,11,22H,5-6,9H2,1-2H3,(H,17,19)(H,18,20). The fourth-order valence-corrected chi connectivity index (χ4v) is 2.18. The molecule has 0 saturated heterocycles. The summed E-state index contributed by atoms with van der Waals surface area (Å²) in [7, 11) is 1.28. The molecule has 1 saturated carbocycles. The van der Waals surface area contributed by atoms with E-state index in [4.69, 9.17) is 0 Å². The van der Waals surface area contributed by atoms with Crippen molar-refractivity contribution in [3.05, 3.63) is 29.8 Å². The number of hydrogen-bond acceptors (Lipinski definition) is 5. The number of esters is 1. The van der Waals surface area contributed by atoms with Gasteiger partial charge < -0.3 is 20.5 Å². The molecule has 0 bridgehead atoms. The van der Waals surface area contributed by atoms with Gasteiger partial charge in [-0.05, 0) is 49.9 Å². The van der Waals surface area contributed by atoms with Crippen LogP contribution in [0.3, 0.4) is 0 Å². The van der Waals surface area contributed by atoms with Crippen LogP contribution in [0.4, 0.5) is 5.69 Å². The summed E-state index contributed by atoms with van der Waals surface area (Å²) in [5, 5.41) is 14.9. The number of rotatable bonds is 5. The van der Waals surface area contributed by atoms with E-state index in [0.717, 1.165) is 12.8 Å². The third kappa shape index (κ3) is 4.53. The van der Waals surface area contributed by atoms with Crippen LogP contribution in [0.25, 0.3) is 0 Å². The fourth-order valence-electron chi connectivity index (χ4n) is 2.18. The Balaban J connectivity index is 1.85. The van der Waals surface area contributed by atoms with Crippen LogP contribution < -0.4 is 10.6 Å². The number of carbonyl (C=O) groups excluding carboxylic acids is 3. The van der Waals surface area contributed by atoms with Gasteiger partial charge in [0.15, 0.2) is 0 Å². The first-order valence-corrected chi connectivity index (χ1v) is 7.33. The average molecular weight is 320 g/mol. The van der Waals surface area contributed by atoms with Gasteiger partial charge in [-0.2, -0.15) is 0 Å². The number of hydrogen-bond donors (Lipinski definition) is 3. The van der Waals surface area contributed by atoms with E-state index in [1.54, 1.807) is 6.92 Å². The van der Waals surface area contributed by atoms with E-state index in [2.05, 4.69) is 15.4 Å². The normalized spacial score (nSPS) is 16.1. The lowest BCUT2D eigenvalue weighted by Gasteiger charge is -2.22. The number of nitrogens with one attached hydrogen (secondary N) is 2. The summed E-state index contributed by atoms with van der Waals surface area (Å²) in [6.07, 6.45) is 1.86. The molecule has 0 aliphatic heterocycles. The summed E-state index contributed by atoms with van der Waals surface area (Å²) in [4.78, 5) is 34.8. The molecule has 1 unspecified atom stereocenters. The molecule has 0 radical (unpaired) electrons. The predicted molar refractivity (Wildman–Crippen MR) is 82.8 cm³/mol. The van der Waals surface area contributed by atoms with Crippen molar-refractivity contribution in [3.63, 3.8) is 0 Å². The molecule has 0 heterocycles. The van der Waals surface area contributed by atoms with Crippen LogP contribution in [-0.4, -0.2) is 42.1 Å². The van der Waals surface area contributed by atoms with Crippen molar-refractivity contribution in [1.29, 1.82) is 0 Å². The summed E-state index contributed by atoms with van der Waals surface area (Å²) >= 11 is 0. The minimum absolute atomic E-state index is 0.0329. The summed E-state index contributed by atoms with van der Waals surface area (Å²) in [5.41, 5.74) is -0.264. The maximum Gasteiger partial charge on any atom is 0.337 e. The first-order valence-electron chi connectivity index (χ1n) is 7.33. The Bertz CT molecular complexity index is 605. The zero-order chi connectivity index (χ0) is 17.0. The Morgan fingerprint density at radius 3 is 2.35 bits per heavy atom. The van der Waals surface area contributed by atoms with E-state index in [1.807, 2.05) is 0 Å². The summed E-state index contributed by atoms with van der Waals surface area (Å²) in [6.45, 7) is 1.68. The average Bonchev–Trinajstić information content (AvgIpc) is 3.38. The van der Waals surface area contributed by atoms with Crippen molar-refractivity contribution < 1.29 is 24.2 Å². The summed E-state index contributed by atoms with van der Waals surface area (Å²) in [5.74, 6) is -1.95. The van der Waals surface area contributed by atoms with Crippen LogP contribution in [0.2, 0.25) is 0 Å². The highest BCUT2D eigenvalue weighted by atomic mass is 16.5. The number of carbonyl (C=O) groups is 3. The highest BCUT2D eigenvalue weighted by Gasteiger charge is 2.40. The van der Waals surface area contributed by atoms with Gasteiger partial charge in [-0.15, -0.1) is 0 Å². The number of anilines is 1. The van der Waals surface area contributed by atoms with Gasteiger partial charge in [0, 0.05) is 12.2 Å². The number of methoxy groups -OCH3 is 1. The number of aliphatic hydroxyl groups is 1. The number of ether oxygens (including phenoxy) is 1. The van der Waals surface area contributed by atoms with Crippen LogP contribution in [0.5, 0.6) is 0 Å². The molecule has 0 spiro atoms. The van der Waals surface area contributed by atoms with E-state index in [-0.39, 0.29) is 12.5 Å². The van der Waals surface area contributed by atoms with Crippen LogP contribution in [0.15, 0.2) is 24.3 Å². The van der Waals surface area contributed by atoms with Crippen molar-refractivity contribution in [2.45, 2.75) is 25.4 Å². The van der Waals surface area contributed by atoms with Gasteiger partial charge in [-0.1, -0.05) is 0 Å². The maximum absolute atomic E-state index is 11.8. The molecule has 2 amide bonds. The maximum atomic E-state index is 11.8. The Kier molecular flexibility index (Phi) is 5.00. The fraction of sp³-hybridized carbons (Fsp3) is 0.438. The predicted octanol–water partition coefficient (Wildman–Crippen LogP) is 0.689. The highest BCUT2D eigenvalue weighted by molar-refractivity contribution is 6.39. The van der Waals surface area contributed by atoms with Crippen LogP contribution >= 0.6 is 0 Å². The quantitative estimate of drug-likeness (QED) is 0.547. The minimum atomic E-state index is -0.988. The van der Waals surface area contributed by atoms with Crippen LogP contribution in [0.1, 0.15) is 30.1 Å². The minimum Gasteiger partial charge on any atom is -0.465 e. The molecule has 1 aromatic carbocycles. The molecule has 1 aliphatic rings. The lowest BCUT2D eigenvalue weighted by atomic mass is 10.0. The Labute approximate surface area is 134 Å². The van der Waals surface area contributed by atoms with E-state index in [0.29, 0.717) is 11.3 Å². The molecule has 1 aliphatic carbocycles. The summed E-state index contributed by atoms with van der Waals surface area (Å²) in [6, 6.07) is 5.96. The van der Waals surface area contributed by atoms with Gasteiger partial charge >= 0.3 is 17.8 Å². The molecule has 0 aromatic heterocycles. The molecule has 2 rings (SSSR count). The molecule has 1 atom stereocenters. The number of benzene rings is 1. The van der Waals surface area contributed by atoms with E-state index < -0.39 is 23.4 Å². The van der Waals surface area contributed by atoms with Gasteiger partial charge in [0.2, 0.25) is 0 Å². The van der Waals surface area contributed by atoms with Crippen molar-refractivity contribution in [1.82, 2.24) is 5.32 Å². The second-order valence-corrected chi connectivity index (χ2v) is 5.84. The molecule has 3 N–H and O–H groups in total.